The summed E-state index contributed by atoms with van der Waals surface area (Å²) >= 11 is 0. The third-order valence-corrected chi connectivity index (χ3v) is 2.92. The molecule has 0 aliphatic rings. The van der Waals surface area contributed by atoms with Crippen molar-refractivity contribution in [3.8, 4) is 0 Å². The van der Waals surface area contributed by atoms with E-state index in [1.807, 2.05) is 13.0 Å². The SMILES string of the molecule is C=CC(CC)/C(C)=C/C(=CC)/C(C)=C\C(=C)C. The highest BCUT2D eigenvalue weighted by atomic mass is 14.1. The molecule has 0 aromatic heterocycles. The van der Waals surface area contributed by atoms with Crippen LogP contribution in [0.1, 0.15) is 41.0 Å². The number of hydrogen-bond acceptors (Lipinski definition) is 0. The Morgan fingerprint density at radius 1 is 1.18 bits per heavy atom. The van der Waals surface area contributed by atoms with Crippen molar-refractivity contribution in [2.45, 2.75) is 41.0 Å². The Bertz CT molecular complexity index is 361. The first-order valence-electron chi connectivity index (χ1n) is 6.27. The molecule has 0 aliphatic carbocycles. The van der Waals surface area contributed by atoms with Gasteiger partial charge in [0, 0.05) is 0 Å². The van der Waals surface area contributed by atoms with Gasteiger partial charge < -0.3 is 0 Å². The smallest absolute Gasteiger partial charge is 0.00280 e. The summed E-state index contributed by atoms with van der Waals surface area (Å²) in [5.41, 5.74) is 4.98. The highest BCUT2D eigenvalue weighted by Gasteiger charge is 2.04. The molecule has 0 radical (unpaired) electrons. The second kappa shape index (κ2) is 7.89. The summed E-state index contributed by atoms with van der Waals surface area (Å²) in [6, 6.07) is 0. The van der Waals surface area contributed by atoms with Crippen LogP contribution in [0.3, 0.4) is 0 Å². The van der Waals surface area contributed by atoms with Crippen molar-refractivity contribution in [3.05, 3.63) is 59.8 Å². The molecule has 0 bridgehead atoms. The van der Waals surface area contributed by atoms with Gasteiger partial charge in [-0.2, -0.15) is 0 Å². The molecule has 94 valence electrons. The molecule has 0 heteroatoms. The maximum absolute atomic E-state index is 3.92. The average molecular weight is 230 g/mol. The van der Waals surface area contributed by atoms with E-state index < -0.39 is 0 Å². The summed E-state index contributed by atoms with van der Waals surface area (Å²) in [5, 5.41) is 0. The van der Waals surface area contributed by atoms with E-state index in [9.17, 15) is 0 Å². The maximum atomic E-state index is 3.92. The fourth-order valence-electron chi connectivity index (χ4n) is 1.90. The quantitative estimate of drug-likeness (QED) is 0.411. The Balaban J connectivity index is 5.13. The van der Waals surface area contributed by atoms with Gasteiger partial charge in [0.15, 0.2) is 0 Å². The molecule has 0 heterocycles. The second-order valence-corrected chi connectivity index (χ2v) is 4.56. The van der Waals surface area contributed by atoms with Crippen LogP contribution in [0.25, 0.3) is 0 Å². The van der Waals surface area contributed by atoms with Crippen molar-refractivity contribution in [2.75, 3.05) is 0 Å². The Labute approximate surface area is 107 Å². The molecular weight excluding hydrogens is 204 g/mol. The molecule has 0 aliphatic heterocycles. The summed E-state index contributed by atoms with van der Waals surface area (Å²) in [6.07, 6.45) is 9.65. The molecule has 0 nitrogen and oxygen atoms in total. The predicted octanol–water partition coefficient (Wildman–Crippen LogP) is 5.61. The van der Waals surface area contributed by atoms with E-state index in [1.165, 1.54) is 16.7 Å². The number of rotatable bonds is 6. The first kappa shape index (κ1) is 15.7. The number of allylic oxidation sites excluding steroid dienone is 8. The summed E-state index contributed by atoms with van der Waals surface area (Å²) in [6.45, 7) is 18.4. The standard InChI is InChI=1S/C17H26/c1-8-16(9-2)15(7)12-17(10-3)14(6)11-13(4)5/h8,10-12,16H,1,4,9H2,2-3,5-7H3/b14-11-,15-12+,17-10?. The van der Waals surface area contributed by atoms with Gasteiger partial charge in [0.25, 0.3) is 0 Å². The molecular formula is C17H26. The summed E-state index contributed by atoms with van der Waals surface area (Å²) in [4.78, 5) is 0. The molecule has 0 rings (SSSR count). The van der Waals surface area contributed by atoms with Gasteiger partial charge in [0.1, 0.15) is 0 Å². The molecule has 0 saturated carbocycles. The zero-order valence-corrected chi connectivity index (χ0v) is 12.0. The van der Waals surface area contributed by atoms with Gasteiger partial charge in [-0.15, -0.1) is 6.58 Å². The number of hydrogen-bond donors (Lipinski definition) is 0. The van der Waals surface area contributed by atoms with Gasteiger partial charge >= 0.3 is 0 Å². The Hall–Kier alpha value is -1.30. The molecule has 1 atom stereocenters. The van der Waals surface area contributed by atoms with Crippen molar-refractivity contribution in [3.63, 3.8) is 0 Å². The van der Waals surface area contributed by atoms with E-state index in [0.29, 0.717) is 5.92 Å². The predicted molar refractivity (Wildman–Crippen MR) is 80.1 cm³/mol. The fraction of sp³-hybridized carbons (Fsp3) is 0.412. The van der Waals surface area contributed by atoms with Crippen LogP contribution in [0, 0.1) is 5.92 Å². The average Bonchev–Trinajstić information content (AvgIpc) is 2.26. The Kier molecular flexibility index (Phi) is 7.29. The molecule has 0 N–H and O–H groups in total. The minimum absolute atomic E-state index is 0.475. The third kappa shape index (κ3) is 5.53. The van der Waals surface area contributed by atoms with Crippen molar-refractivity contribution in [2.24, 2.45) is 5.92 Å². The molecule has 1 unspecified atom stereocenters. The van der Waals surface area contributed by atoms with Crippen LogP contribution in [0.5, 0.6) is 0 Å². The van der Waals surface area contributed by atoms with Crippen LogP contribution in [0.4, 0.5) is 0 Å². The lowest BCUT2D eigenvalue weighted by Gasteiger charge is -2.12. The van der Waals surface area contributed by atoms with Crippen LogP contribution >= 0.6 is 0 Å². The van der Waals surface area contributed by atoms with E-state index in [-0.39, 0.29) is 0 Å². The summed E-state index contributed by atoms with van der Waals surface area (Å²) < 4.78 is 0. The summed E-state index contributed by atoms with van der Waals surface area (Å²) in [7, 11) is 0. The third-order valence-electron chi connectivity index (χ3n) is 2.92. The highest BCUT2D eigenvalue weighted by Crippen LogP contribution is 2.21. The minimum Gasteiger partial charge on any atom is -0.102 e. The lowest BCUT2D eigenvalue weighted by molar-refractivity contribution is 0.728. The van der Waals surface area contributed by atoms with Crippen molar-refractivity contribution < 1.29 is 0 Å². The van der Waals surface area contributed by atoms with E-state index in [2.05, 4.69) is 59.1 Å². The fourth-order valence-corrected chi connectivity index (χ4v) is 1.90. The van der Waals surface area contributed by atoms with Crippen LogP contribution in [-0.2, 0) is 0 Å². The van der Waals surface area contributed by atoms with E-state index in [0.717, 1.165) is 12.0 Å². The molecule has 0 aromatic carbocycles. The molecule has 0 aromatic rings. The van der Waals surface area contributed by atoms with Gasteiger partial charge in [0.2, 0.25) is 0 Å². The minimum atomic E-state index is 0.475. The first-order valence-corrected chi connectivity index (χ1v) is 6.27. The Morgan fingerprint density at radius 2 is 1.76 bits per heavy atom. The van der Waals surface area contributed by atoms with Crippen LogP contribution in [-0.4, -0.2) is 0 Å². The maximum Gasteiger partial charge on any atom is -0.00280 e. The van der Waals surface area contributed by atoms with Gasteiger partial charge in [-0.25, -0.2) is 0 Å². The molecule has 0 fully saturated rings. The topological polar surface area (TPSA) is 0 Å². The zero-order valence-electron chi connectivity index (χ0n) is 12.0. The van der Waals surface area contributed by atoms with Crippen molar-refractivity contribution in [1.82, 2.24) is 0 Å². The van der Waals surface area contributed by atoms with Gasteiger partial charge in [-0.3, -0.25) is 0 Å². The second-order valence-electron chi connectivity index (χ2n) is 4.56. The largest absolute Gasteiger partial charge is 0.102 e. The molecule has 17 heavy (non-hydrogen) atoms. The first-order chi connectivity index (χ1) is 7.96. The monoisotopic (exact) mass is 230 g/mol. The Morgan fingerprint density at radius 3 is 2.12 bits per heavy atom. The lowest BCUT2D eigenvalue weighted by atomic mass is 9.94. The molecule has 0 spiro atoms. The van der Waals surface area contributed by atoms with Gasteiger partial charge in [-0.1, -0.05) is 49.0 Å². The van der Waals surface area contributed by atoms with Crippen molar-refractivity contribution in [1.29, 1.82) is 0 Å². The molecule has 0 saturated heterocycles. The van der Waals surface area contributed by atoms with Crippen LogP contribution in [0.2, 0.25) is 0 Å². The normalized spacial score (nSPS) is 15.7. The highest BCUT2D eigenvalue weighted by molar-refractivity contribution is 5.43. The summed E-state index contributed by atoms with van der Waals surface area (Å²) in [5.74, 6) is 0.475. The van der Waals surface area contributed by atoms with E-state index >= 15 is 0 Å². The van der Waals surface area contributed by atoms with Crippen LogP contribution < -0.4 is 0 Å². The zero-order chi connectivity index (χ0) is 13.4. The van der Waals surface area contributed by atoms with Gasteiger partial charge in [-0.05, 0) is 51.2 Å². The van der Waals surface area contributed by atoms with E-state index in [1.54, 1.807) is 0 Å². The molecule has 0 amide bonds. The van der Waals surface area contributed by atoms with Crippen molar-refractivity contribution >= 4 is 0 Å². The van der Waals surface area contributed by atoms with Gasteiger partial charge in [0.05, 0.1) is 0 Å². The van der Waals surface area contributed by atoms with Crippen LogP contribution in [0.15, 0.2) is 59.8 Å². The van der Waals surface area contributed by atoms with E-state index in [4.69, 9.17) is 0 Å². The lowest BCUT2D eigenvalue weighted by Crippen LogP contribution is -1.96.